The molecule has 0 aliphatic rings. The highest BCUT2D eigenvalue weighted by Crippen LogP contribution is 2.38. The lowest BCUT2D eigenvalue weighted by Crippen LogP contribution is -1.97. The van der Waals surface area contributed by atoms with Gasteiger partial charge in [0.05, 0.1) is 10.6 Å². The maximum Gasteiger partial charge on any atom is 0.311 e. The molecular weight excluding hydrogens is 527 g/mol. The predicted molar refractivity (Wildman–Crippen MR) is 120 cm³/mol. The molecule has 0 spiro atoms. The molecule has 0 saturated carbocycles. The van der Waals surface area contributed by atoms with Crippen LogP contribution in [0.3, 0.4) is 0 Å². The third kappa shape index (κ3) is 4.95. The Morgan fingerprint density at radius 2 is 1.76 bits per heavy atom. The maximum absolute atomic E-state index is 11.4. The van der Waals surface area contributed by atoms with Gasteiger partial charge in [-0.25, -0.2) is 0 Å². The van der Waals surface area contributed by atoms with Crippen LogP contribution in [0.4, 0.5) is 11.4 Å². The molecule has 0 aliphatic carbocycles. The number of aliphatic imine (C=N–C) groups is 1. The number of nitro groups is 1. The fourth-order valence-corrected chi connectivity index (χ4v) is 4.28. The van der Waals surface area contributed by atoms with E-state index in [0.29, 0.717) is 31.6 Å². The number of halogens is 3. The quantitative estimate of drug-likeness (QED) is 0.219. The van der Waals surface area contributed by atoms with Gasteiger partial charge in [0.2, 0.25) is 5.75 Å². The second kappa shape index (κ2) is 8.94. The molecule has 3 aromatic rings. The van der Waals surface area contributed by atoms with Crippen molar-refractivity contribution in [1.82, 2.24) is 0 Å². The van der Waals surface area contributed by atoms with Crippen LogP contribution in [0.5, 0.6) is 11.5 Å². The number of phenolic OH excluding ortho intramolecular Hbond substituents is 2. The minimum atomic E-state index is -0.644. The highest BCUT2D eigenvalue weighted by atomic mass is 79.9. The van der Waals surface area contributed by atoms with Crippen LogP contribution in [0.2, 0.25) is 5.02 Å². The maximum atomic E-state index is 11.4. The summed E-state index contributed by atoms with van der Waals surface area (Å²) in [5.41, 5.74) is 1.64. The van der Waals surface area contributed by atoms with E-state index < -0.39 is 16.4 Å². The van der Waals surface area contributed by atoms with Crippen LogP contribution in [0.25, 0.3) is 0 Å². The highest BCUT2D eigenvalue weighted by Gasteiger charge is 2.19. The normalized spacial score (nSPS) is 11.1. The molecule has 3 rings (SSSR count). The van der Waals surface area contributed by atoms with Crippen LogP contribution in [0, 0.1) is 10.1 Å². The molecule has 0 heterocycles. The van der Waals surface area contributed by atoms with Crippen molar-refractivity contribution >= 4 is 61.1 Å². The summed E-state index contributed by atoms with van der Waals surface area (Å²) in [6.45, 7) is 0. The van der Waals surface area contributed by atoms with Gasteiger partial charge in [-0.1, -0.05) is 29.8 Å². The average molecular weight is 541 g/mol. The van der Waals surface area contributed by atoms with Gasteiger partial charge < -0.3 is 10.2 Å². The van der Waals surface area contributed by atoms with E-state index in [2.05, 4.69) is 36.9 Å². The Morgan fingerprint density at radius 3 is 2.38 bits per heavy atom. The molecule has 3 aromatic carbocycles. The predicted octanol–water partition coefficient (Wildman–Crippen LogP) is 6.53. The van der Waals surface area contributed by atoms with Gasteiger partial charge in [-0.3, -0.25) is 15.1 Å². The molecule has 148 valence electrons. The van der Waals surface area contributed by atoms with Gasteiger partial charge in [-0.15, -0.1) is 0 Å². The fraction of sp³-hybridized carbons (Fsp3) is 0.0500. The number of aromatic hydroxyl groups is 2. The second-order valence-corrected chi connectivity index (χ2v) is 8.21. The van der Waals surface area contributed by atoms with Crippen molar-refractivity contribution < 1.29 is 15.1 Å². The molecule has 0 bridgehead atoms. The third-order valence-electron chi connectivity index (χ3n) is 4.06. The van der Waals surface area contributed by atoms with E-state index in [1.165, 1.54) is 24.4 Å². The van der Waals surface area contributed by atoms with Gasteiger partial charge in [-0.05, 0) is 73.7 Å². The van der Waals surface area contributed by atoms with Crippen molar-refractivity contribution in [3.63, 3.8) is 0 Å². The molecule has 2 N–H and O–H groups in total. The Hall–Kier alpha value is -2.42. The summed E-state index contributed by atoms with van der Waals surface area (Å²) in [6, 6.07) is 13.1. The molecular formula is C20H13Br2ClN2O4. The molecule has 9 heteroatoms. The number of nitro benzene ring substituents is 1. The summed E-state index contributed by atoms with van der Waals surface area (Å²) in [6.07, 6.45) is 1.69. The van der Waals surface area contributed by atoms with E-state index in [1.807, 2.05) is 12.1 Å². The van der Waals surface area contributed by atoms with Gasteiger partial charge in [0.1, 0.15) is 5.75 Å². The standard InChI is InChI=1S/C20H13Br2ClN2O4/c21-15-8-14(26)9-16(22)19(15)24-10-13-6-11(7-18(20(13)27)25(28)29)5-12-3-1-2-4-17(12)23/h1-4,6-10,26-27H,5H2. The van der Waals surface area contributed by atoms with Gasteiger partial charge in [0.15, 0.2) is 0 Å². The Labute approximate surface area is 187 Å². The monoisotopic (exact) mass is 538 g/mol. The van der Waals surface area contributed by atoms with Crippen LogP contribution in [0.15, 0.2) is 62.5 Å². The third-order valence-corrected chi connectivity index (χ3v) is 5.64. The van der Waals surface area contributed by atoms with E-state index in [1.54, 1.807) is 18.2 Å². The minimum Gasteiger partial charge on any atom is -0.508 e. The Morgan fingerprint density at radius 1 is 1.10 bits per heavy atom. The first-order chi connectivity index (χ1) is 13.8. The zero-order valence-electron chi connectivity index (χ0n) is 14.6. The van der Waals surface area contributed by atoms with Crippen molar-refractivity contribution in [1.29, 1.82) is 0 Å². The smallest absolute Gasteiger partial charge is 0.311 e. The van der Waals surface area contributed by atoms with E-state index in [0.717, 1.165) is 5.56 Å². The molecule has 6 nitrogen and oxygen atoms in total. The van der Waals surface area contributed by atoms with Crippen molar-refractivity contribution in [3.8, 4) is 11.5 Å². The summed E-state index contributed by atoms with van der Waals surface area (Å²) in [7, 11) is 0. The van der Waals surface area contributed by atoms with Crippen LogP contribution < -0.4 is 0 Å². The Kier molecular flexibility index (Phi) is 6.56. The first-order valence-electron chi connectivity index (χ1n) is 8.22. The number of hydrogen-bond donors (Lipinski definition) is 2. The lowest BCUT2D eigenvalue weighted by Gasteiger charge is -2.08. The highest BCUT2D eigenvalue weighted by molar-refractivity contribution is 9.11. The van der Waals surface area contributed by atoms with Crippen LogP contribution in [0.1, 0.15) is 16.7 Å². The average Bonchev–Trinajstić information content (AvgIpc) is 2.64. The molecule has 0 aliphatic heterocycles. The van der Waals surface area contributed by atoms with Crippen LogP contribution >= 0.6 is 43.5 Å². The summed E-state index contributed by atoms with van der Waals surface area (Å²) >= 11 is 12.8. The lowest BCUT2D eigenvalue weighted by atomic mass is 10.0. The Balaban J connectivity index is 2.05. The summed E-state index contributed by atoms with van der Waals surface area (Å²) < 4.78 is 1.03. The molecule has 0 fully saturated rings. The van der Waals surface area contributed by atoms with Crippen molar-refractivity contribution in [2.45, 2.75) is 6.42 Å². The van der Waals surface area contributed by atoms with Crippen molar-refractivity contribution in [2.24, 2.45) is 4.99 Å². The molecule has 0 amide bonds. The molecule has 0 aromatic heterocycles. The molecule has 0 saturated heterocycles. The number of phenols is 2. The molecule has 29 heavy (non-hydrogen) atoms. The van der Waals surface area contributed by atoms with Crippen molar-refractivity contribution in [3.05, 3.63) is 89.3 Å². The first-order valence-corrected chi connectivity index (χ1v) is 10.2. The SMILES string of the molecule is O=[N+]([O-])c1cc(Cc2ccccc2Cl)cc(C=Nc2c(Br)cc(O)cc2Br)c1O. The van der Waals surface area contributed by atoms with E-state index >= 15 is 0 Å². The number of hydrogen-bond acceptors (Lipinski definition) is 5. The van der Waals surface area contributed by atoms with E-state index in [-0.39, 0.29) is 11.3 Å². The second-order valence-electron chi connectivity index (χ2n) is 6.09. The largest absolute Gasteiger partial charge is 0.508 e. The van der Waals surface area contributed by atoms with E-state index in [4.69, 9.17) is 11.6 Å². The summed E-state index contributed by atoms with van der Waals surface area (Å²) in [5, 5.41) is 31.9. The number of nitrogens with zero attached hydrogens (tertiary/aromatic N) is 2. The van der Waals surface area contributed by atoms with Crippen molar-refractivity contribution in [2.75, 3.05) is 0 Å². The van der Waals surface area contributed by atoms with Gasteiger partial charge in [0.25, 0.3) is 0 Å². The molecule has 0 atom stereocenters. The van der Waals surface area contributed by atoms with E-state index in [9.17, 15) is 20.3 Å². The van der Waals surface area contributed by atoms with Gasteiger partial charge >= 0.3 is 5.69 Å². The van der Waals surface area contributed by atoms with Gasteiger partial charge in [-0.2, -0.15) is 0 Å². The van der Waals surface area contributed by atoms with Crippen LogP contribution in [-0.2, 0) is 6.42 Å². The first kappa shape index (κ1) is 21.3. The lowest BCUT2D eigenvalue weighted by molar-refractivity contribution is -0.385. The fourth-order valence-electron chi connectivity index (χ4n) is 2.71. The minimum absolute atomic E-state index is 0.0444. The van der Waals surface area contributed by atoms with Gasteiger partial charge in [0, 0.05) is 31.8 Å². The molecule has 0 unspecified atom stereocenters. The topological polar surface area (TPSA) is 96.0 Å². The number of benzene rings is 3. The zero-order valence-corrected chi connectivity index (χ0v) is 18.6. The number of rotatable bonds is 5. The Bertz CT molecular complexity index is 1110. The van der Waals surface area contributed by atoms with Crippen LogP contribution in [-0.4, -0.2) is 21.4 Å². The zero-order chi connectivity index (χ0) is 21.1. The summed E-state index contributed by atoms with van der Waals surface area (Å²) in [4.78, 5) is 15.1. The summed E-state index contributed by atoms with van der Waals surface area (Å²) in [5.74, 6) is -0.435. The molecule has 0 radical (unpaired) electrons.